The lowest BCUT2D eigenvalue weighted by molar-refractivity contribution is 0.427. The van der Waals surface area contributed by atoms with E-state index in [4.69, 9.17) is 16.0 Å². The van der Waals surface area contributed by atoms with Gasteiger partial charge < -0.3 is 4.42 Å². The highest BCUT2D eigenvalue weighted by molar-refractivity contribution is 7.92. The molecule has 2 heterocycles. The molecule has 20 heavy (non-hydrogen) atoms. The van der Waals surface area contributed by atoms with Gasteiger partial charge in [0, 0.05) is 18.7 Å². The highest BCUT2D eigenvalue weighted by atomic mass is 35.5. The van der Waals surface area contributed by atoms with Crippen LogP contribution >= 0.6 is 11.6 Å². The zero-order valence-corrected chi connectivity index (χ0v) is 13.6. The maximum Gasteiger partial charge on any atom is 0.246 e. The Labute approximate surface area is 123 Å². The molecule has 0 aliphatic carbocycles. The van der Waals surface area contributed by atoms with Gasteiger partial charge in [0.05, 0.1) is 17.4 Å². The number of halogens is 1. The van der Waals surface area contributed by atoms with Crippen molar-refractivity contribution in [2.24, 2.45) is 0 Å². The Balaban J connectivity index is 2.42. The average molecular weight is 342 g/mol. The second-order valence-corrected chi connectivity index (χ2v) is 9.16. The molecule has 1 fully saturated rings. The van der Waals surface area contributed by atoms with Crippen molar-refractivity contribution >= 4 is 31.5 Å². The number of aryl methyl sites for hydroxylation is 2. The number of furan rings is 1. The van der Waals surface area contributed by atoms with Gasteiger partial charge in [-0.3, -0.25) is 0 Å². The van der Waals surface area contributed by atoms with Crippen LogP contribution in [0.1, 0.15) is 17.1 Å². The quantitative estimate of drug-likeness (QED) is 0.767. The van der Waals surface area contributed by atoms with Crippen LogP contribution in [0.5, 0.6) is 0 Å². The molecule has 1 aliphatic heterocycles. The Morgan fingerprint density at radius 1 is 1.20 bits per heavy atom. The van der Waals surface area contributed by atoms with E-state index in [1.807, 2.05) is 0 Å². The van der Waals surface area contributed by atoms with E-state index in [1.165, 1.54) is 4.31 Å². The van der Waals surface area contributed by atoms with Crippen molar-refractivity contribution in [3.8, 4) is 0 Å². The normalized spacial score (nSPS) is 20.1. The molecule has 1 aromatic rings. The second-order valence-electron chi connectivity index (χ2n) is 4.71. The van der Waals surface area contributed by atoms with E-state index in [1.54, 1.807) is 13.8 Å². The largest absolute Gasteiger partial charge is 0.465 e. The Hall–Kier alpha value is -0.570. The van der Waals surface area contributed by atoms with Gasteiger partial charge in [-0.15, -0.1) is 11.6 Å². The topological polar surface area (TPSA) is 84.7 Å². The zero-order chi connectivity index (χ0) is 15.1. The third-order valence-corrected chi connectivity index (χ3v) is 7.33. The third-order valence-electron chi connectivity index (χ3n) is 3.36. The fraction of sp³-hybridized carbons (Fsp3) is 0.636. The van der Waals surface area contributed by atoms with E-state index in [0.29, 0.717) is 11.3 Å². The van der Waals surface area contributed by atoms with Crippen LogP contribution in [0.3, 0.4) is 0 Å². The first-order chi connectivity index (χ1) is 9.19. The van der Waals surface area contributed by atoms with Crippen LogP contribution in [0.15, 0.2) is 9.31 Å². The first kappa shape index (κ1) is 15.8. The van der Waals surface area contributed by atoms with Gasteiger partial charge >= 0.3 is 0 Å². The van der Waals surface area contributed by atoms with Gasteiger partial charge in [0.15, 0.2) is 9.84 Å². The molecule has 0 N–H and O–H groups in total. The zero-order valence-electron chi connectivity index (χ0n) is 11.2. The molecule has 1 aromatic heterocycles. The molecule has 0 radical (unpaired) electrons. The molecule has 0 spiro atoms. The maximum absolute atomic E-state index is 12.6. The van der Waals surface area contributed by atoms with Crippen molar-refractivity contribution < 1.29 is 21.3 Å². The van der Waals surface area contributed by atoms with Crippen LogP contribution in [0.2, 0.25) is 0 Å². The van der Waals surface area contributed by atoms with Gasteiger partial charge in [-0.25, -0.2) is 16.8 Å². The lowest BCUT2D eigenvalue weighted by atomic mass is 10.3. The predicted octanol–water partition coefficient (Wildman–Crippen LogP) is 1.05. The van der Waals surface area contributed by atoms with Crippen molar-refractivity contribution in [2.75, 3.05) is 24.6 Å². The molecule has 9 heteroatoms. The SMILES string of the molecule is Cc1oc(C)c(S(=O)(=O)N2CCS(=O)(=O)CC2)c1CCl. The number of nitrogens with zero attached hydrogens (tertiary/aromatic N) is 1. The molecule has 2 rings (SSSR count). The van der Waals surface area contributed by atoms with Crippen molar-refractivity contribution in [3.63, 3.8) is 0 Å². The van der Waals surface area contributed by atoms with E-state index in [0.717, 1.165) is 0 Å². The van der Waals surface area contributed by atoms with Crippen LogP contribution in [0.25, 0.3) is 0 Å². The predicted molar refractivity (Wildman–Crippen MR) is 75.2 cm³/mol. The lowest BCUT2D eigenvalue weighted by Crippen LogP contribution is -2.43. The minimum Gasteiger partial charge on any atom is -0.465 e. The second kappa shape index (κ2) is 5.32. The van der Waals surface area contributed by atoms with Gasteiger partial charge in [0.1, 0.15) is 16.4 Å². The van der Waals surface area contributed by atoms with E-state index < -0.39 is 19.9 Å². The highest BCUT2D eigenvalue weighted by Crippen LogP contribution is 2.31. The minimum atomic E-state index is -3.77. The van der Waals surface area contributed by atoms with Crippen molar-refractivity contribution in [1.29, 1.82) is 0 Å². The minimum absolute atomic E-state index is 0.0316. The molecule has 0 saturated carbocycles. The lowest BCUT2D eigenvalue weighted by Gasteiger charge is -2.26. The molecule has 0 atom stereocenters. The third kappa shape index (κ3) is 2.74. The van der Waals surface area contributed by atoms with Crippen molar-refractivity contribution in [1.82, 2.24) is 4.31 Å². The molecular formula is C11H16ClNO5S2. The Morgan fingerprint density at radius 3 is 2.25 bits per heavy atom. The Bertz CT molecular complexity index is 706. The summed E-state index contributed by atoms with van der Waals surface area (Å²) >= 11 is 5.80. The number of hydrogen-bond acceptors (Lipinski definition) is 5. The molecular weight excluding hydrogens is 326 g/mol. The Morgan fingerprint density at radius 2 is 1.75 bits per heavy atom. The van der Waals surface area contributed by atoms with Gasteiger partial charge in [0.25, 0.3) is 0 Å². The van der Waals surface area contributed by atoms with Gasteiger partial charge in [-0.2, -0.15) is 4.31 Å². The van der Waals surface area contributed by atoms with Crippen LogP contribution in [0, 0.1) is 13.8 Å². The van der Waals surface area contributed by atoms with E-state index in [-0.39, 0.29) is 41.1 Å². The molecule has 0 aromatic carbocycles. The van der Waals surface area contributed by atoms with Gasteiger partial charge in [-0.05, 0) is 13.8 Å². The standard InChI is InChI=1S/C11H16ClNO5S2/c1-8-10(7-12)11(9(2)18-8)20(16,17)13-3-5-19(14,15)6-4-13/h3-7H2,1-2H3. The van der Waals surface area contributed by atoms with Crippen LogP contribution in [-0.4, -0.2) is 45.7 Å². The maximum atomic E-state index is 12.6. The number of sulfone groups is 1. The number of sulfonamides is 1. The average Bonchev–Trinajstić information content (AvgIpc) is 2.63. The molecule has 114 valence electrons. The summed E-state index contributed by atoms with van der Waals surface area (Å²) in [7, 11) is -6.91. The summed E-state index contributed by atoms with van der Waals surface area (Å²) in [6.45, 7) is 3.16. The van der Waals surface area contributed by atoms with E-state index in [9.17, 15) is 16.8 Å². The first-order valence-electron chi connectivity index (χ1n) is 6.04. The van der Waals surface area contributed by atoms with Crippen LogP contribution < -0.4 is 0 Å². The molecule has 0 unspecified atom stereocenters. The summed E-state index contributed by atoms with van der Waals surface area (Å²) in [6.07, 6.45) is 0. The summed E-state index contributed by atoms with van der Waals surface area (Å²) in [5, 5.41) is 0. The first-order valence-corrected chi connectivity index (χ1v) is 9.84. The molecule has 0 bridgehead atoms. The van der Waals surface area contributed by atoms with Gasteiger partial charge in [-0.1, -0.05) is 0 Å². The molecule has 6 nitrogen and oxygen atoms in total. The summed E-state index contributed by atoms with van der Waals surface area (Å²) in [6, 6.07) is 0. The summed E-state index contributed by atoms with van der Waals surface area (Å²) in [4.78, 5) is 0.0734. The molecule has 0 amide bonds. The molecule has 1 aliphatic rings. The highest BCUT2D eigenvalue weighted by Gasteiger charge is 2.35. The van der Waals surface area contributed by atoms with Crippen LogP contribution in [0.4, 0.5) is 0 Å². The number of hydrogen-bond donors (Lipinski definition) is 0. The van der Waals surface area contributed by atoms with Gasteiger partial charge in [0.2, 0.25) is 10.0 Å². The van der Waals surface area contributed by atoms with E-state index in [2.05, 4.69) is 0 Å². The summed E-state index contributed by atoms with van der Waals surface area (Å²) in [5.74, 6) is 0.479. The molecule has 1 saturated heterocycles. The number of rotatable bonds is 3. The van der Waals surface area contributed by atoms with Crippen molar-refractivity contribution in [2.45, 2.75) is 24.6 Å². The Kier molecular flexibility index (Phi) is 4.21. The number of alkyl halides is 1. The fourth-order valence-electron chi connectivity index (χ4n) is 2.27. The smallest absolute Gasteiger partial charge is 0.246 e. The van der Waals surface area contributed by atoms with Crippen molar-refractivity contribution in [3.05, 3.63) is 17.1 Å². The van der Waals surface area contributed by atoms with Crippen LogP contribution in [-0.2, 0) is 25.7 Å². The summed E-state index contributed by atoms with van der Waals surface area (Å²) in [5.41, 5.74) is 0.442. The van der Waals surface area contributed by atoms with E-state index >= 15 is 0 Å². The summed E-state index contributed by atoms with van der Waals surface area (Å²) < 4.78 is 54.6. The monoisotopic (exact) mass is 341 g/mol. The fourth-order valence-corrected chi connectivity index (χ4v) is 5.95.